The fourth-order valence-electron chi connectivity index (χ4n) is 3.03. The van der Waals surface area contributed by atoms with Crippen molar-refractivity contribution in [3.8, 4) is 0 Å². The number of nitrogens with one attached hydrogen (secondary N) is 1. The van der Waals surface area contributed by atoms with E-state index in [-0.39, 0.29) is 11.9 Å². The van der Waals surface area contributed by atoms with Gasteiger partial charge in [0.2, 0.25) is 5.91 Å². The van der Waals surface area contributed by atoms with Crippen LogP contribution in [0.1, 0.15) is 55.9 Å². The van der Waals surface area contributed by atoms with E-state index < -0.39 is 0 Å². The summed E-state index contributed by atoms with van der Waals surface area (Å²) in [4.78, 5) is 27.9. The molecular formula is C17H23N5OS. The normalized spacial score (nSPS) is 17.8. The second kappa shape index (κ2) is 7.25. The van der Waals surface area contributed by atoms with Gasteiger partial charge in [-0.25, -0.2) is 15.0 Å². The molecule has 0 unspecified atom stereocenters. The molecule has 3 heterocycles. The van der Waals surface area contributed by atoms with Crippen molar-refractivity contribution < 1.29 is 4.79 Å². The fourth-order valence-corrected chi connectivity index (χ4v) is 3.72. The van der Waals surface area contributed by atoms with Gasteiger partial charge < -0.3 is 10.2 Å². The van der Waals surface area contributed by atoms with Gasteiger partial charge >= 0.3 is 0 Å². The summed E-state index contributed by atoms with van der Waals surface area (Å²) in [6, 6.07) is 1.89. The Morgan fingerprint density at radius 3 is 2.83 bits per heavy atom. The predicted molar refractivity (Wildman–Crippen MR) is 95.5 cm³/mol. The van der Waals surface area contributed by atoms with Gasteiger partial charge in [-0.1, -0.05) is 6.92 Å². The SMILES string of the molecule is CCC(=O)N1CCCC[C@@H]1c1nc(C)cc(Nc2nc(C)cs2)n1. The van der Waals surface area contributed by atoms with Crippen LogP contribution in [-0.4, -0.2) is 32.3 Å². The number of aromatic nitrogens is 3. The molecule has 1 atom stereocenters. The maximum atomic E-state index is 12.3. The summed E-state index contributed by atoms with van der Waals surface area (Å²) in [5.74, 6) is 1.64. The van der Waals surface area contributed by atoms with Crippen LogP contribution in [0.4, 0.5) is 10.9 Å². The van der Waals surface area contributed by atoms with Gasteiger partial charge in [0.15, 0.2) is 11.0 Å². The number of hydrogen-bond acceptors (Lipinski definition) is 6. The zero-order valence-corrected chi connectivity index (χ0v) is 15.2. The molecule has 0 spiro atoms. The number of likely N-dealkylation sites (tertiary alicyclic amines) is 1. The molecule has 0 bridgehead atoms. The molecule has 0 saturated carbocycles. The number of amides is 1. The molecule has 1 fully saturated rings. The zero-order valence-electron chi connectivity index (χ0n) is 14.4. The molecular weight excluding hydrogens is 322 g/mol. The van der Waals surface area contributed by atoms with E-state index in [0.29, 0.717) is 6.42 Å². The van der Waals surface area contributed by atoms with Crippen LogP contribution in [0.3, 0.4) is 0 Å². The first-order valence-electron chi connectivity index (χ1n) is 8.41. The molecule has 24 heavy (non-hydrogen) atoms. The Kier molecular flexibility index (Phi) is 5.08. The fraction of sp³-hybridized carbons (Fsp3) is 0.529. The number of carbonyl (C=O) groups is 1. The first-order chi connectivity index (χ1) is 11.6. The maximum Gasteiger partial charge on any atom is 0.222 e. The molecule has 0 radical (unpaired) electrons. The molecule has 0 aromatic carbocycles. The molecule has 0 aliphatic carbocycles. The summed E-state index contributed by atoms with van der Waals surface area (Å²) >= 11 is 1.55. The quantitative estimate of drug-likeness (QED) is 0.913. The largest absolute Gasteiger partial charge is 0.332 e. The minimum absolute atomic E-state index is 0.0234. The van der Waals surface area contributed by atoms with Gasteiger partial charge in [0.05, 0.1) is 11.7 Å². The van der Waals surface area contributed by atoms with Crippen LogP contribution in [0.25, 0.3) is 0 Å². The summed E-state index contributed by atoms with van der Waals surface area (Å²) in [5.41, 5.74) is 1.88. The lowest BCUT2D eigenvalue weighted by atomic mass is 10.0. The lowest BCUT2D eigenvalue weighted by molar-refractivity contribution is -0.134. The Labute approximate surface area is 146 Å². The Morgan fingerprint density at radius 2 is 2.12 bits per heavy atom. The van der Waals surface area contributed by atoms with Crippen molar-refractivity contribution in [3.63, 3.8) is 0 Å². The number of anilines is 2. The first kappa shape index (κ1) is 16.8. The van der Waals surface area contributed by atoms with Gasteiger partial charge in [0, 0.05) is 30.1 Å². The van der Waals surface area contributed by atoms with Gasteiger partial charge in [-0.15, -0.1) is 11.3 Å². The van der Waals surface area contributed by atoms with Gasteiger partial charge in [-0.05, 0) is 33.1 Å². The van der Waals surface area contributed by atoms with Gasteiger partial charge in [-0.2, -0.15) is 0 Å². The van der Waals surface area contributed by atoms with Gasteiger partial charge in [-0.3, -0.25) is 4.79 Å². The first-order valence-corrected chi connectivity index (χ1v) is 9.29. The van der Waals surface area contributed by atoms with Gasteiger partial charge in [0.25, 0.3) is 0 Å². The molecule has 7 heteroatoms. The van der Waals surface area contributed by atoms with E-state index in [1.807, 2.05) is 37.1 Å². The molecule has 2 aromatic heterocycles. The molecule has 1 aliphatic rings. The summed E-state index contributed by atoms with van der Waals surface area (Å²) < 4.78 is 0. The molecule has 2 aromatic rings. The minimum Gasteiger partial charge on any atom is -0.332 e. The molecule has 1 amide bonds. The van der Waals surface area contributed by atoms with Crippen LogP contribution < -0.4 is 5.32 Å². The highest BCUT2D eigenvalue weighted by Crippen LogP contribution is 2.30. The minimum atomic E-state index is -0.0234. The third-order valence-electron chi connectivity index (χ3n) is 4.15. The highest BCUT2D eigenvalue weighted by molar-refractivity contribution is 7.13. The number of piperidine rings is 1. The standard InChI is InChI=1S/C17H23N5OS/c1-4-15(23)22-8-6-5-7-13(22)16-18-11(2)9-14(20-16)21-17-19-12(3)10-24-17/h9-10,13H,4-8H2,1-3H3,(H,18,19,20,21)/t13-/m1/s1. The number of rotatable bonds is 4. The van der Waals surface area contributed by atoms with Crippen LogP contribution in [0.15, 0.2) is 11.4 Å². The van der Waals surface area contributed by atoms with Crippen molar-refractivity contribution in [3.05, 3.63) is 28.7 Å². The van der Waals surface area contributed by atoms with Crippen molar-refractivity contribution in [2.45, 2.75) is 52.5 Å². The van der Waals surface area contributed by atoms with Crippen molar-refractivity contribution in [1.29, 1.82) is 0 Å². The van der Waals surface area contributed by atoms with Crippen molar-refractivity contribution in [1.82, 2.24) is 19.9 Å². The molecule has 128 valence electrons. The summed E-state index contributed by atoms with van der Waals surface area (Å²) in [7, 11) is 0. The topological polar surface area (TPSA) is 71.0 Å². The van der Waals surface area contributed by atoms with E-state index in [2.05, 4.69) is 20.3 Å². The van der Waals surface area contributed by atoms with Crippen LogP contribution in [-0.2, 0) is 4.79 Å². The molecule has 1 N–H and O–H groups in total. The van der Waals surface area contributed by atoms with Crippen molar-refractivity contribution >= 4 is 28.2 Å². The average molecular weight is 345 g/mol. The number of carbonyl (C=O) groups excluding carboxylic acids is 1. The van der Waals surface area contributed by atoms with Crippen molar-refractivity contribution in [2.75, 3.05) is 11.9 Å². The Hall–Kier alpha value is -2.02. The van der Waals surface area contributed by atoms with Gasteiger partial charge in [0.1, 0.15) is 5.82 Å². The Bertz CT molecular complexity index is 730. The highest BCUT2D eigenvalue weighted by atomic mass is 32.1. The summed E-state index contributed by atoms with van der Waals surface area (Å²) in [6.07, 6.45) is 3.60. The monoisotopic (exact) mass is 345 g/mol. The molecule has 1 saturated heterocycles. The summed E-state index contributed by atoms with van der Waals surface area (Å²) in [5, 5.41) is 6.08. The third-order valence-corrected chi connectivity index (χ3v) is 5.02. The smallest absolute Gasteiger partial charge is 0.222 e. The van der Waals surface area contributed by atoms with E-state index in [1.54, 1.807) is 11.3 Å². The van der Waals surface area contributed by atoms with E-state index in [9.17, 15) is 4.79 Å². The number of aryl methyl sites for hydroxylation is 2. The second-order valence-electron chi connectivity index (χ2n) is 6.12. The van der Waals surface area contributed by atoms with Crippen molar-refractivity contribution in [2.24, 2.45) is 0 Å². The molecule has 6 nitrogen and oxygen atoms in total. The second-order valence-corrected chi connectivity index (χ2v) is 6.98. The van der Waals surface area contributed by atoms with Crippen LogP contribution >= 0.6 is 11.3 Å². The Balaban J connectivity index is 1.87. The maximum absolute atomic E-state index is 12.3. The zero-order chi connectivity index (χ0) is 17.1. The van der Waals surface area contributed by atoms with Crippen LogP contribution in [0.5, 0.6) is 0 Å². The van der Waals surface area contributed by atoms with E-state index in [0.717, 1.165) is 54.0 Å². The summed E-state index contributed by atoms with van der Waals surface area (Å²) in [6.45, 7) is 6.62. The van der Waals surface area contributed by atoms with Crippen LogP contribution in [0.2, 0.25) is 0 Å². The van der Waals surface area contributed by atoms with E-state index >= 15 is 0 Å². The highest BCUT2D eigenvalue weighted by Gasteiger charge is 2.29. The average Bonchev–Trinajstić information content (AvgIpc) is 2.98. The Morgan fingerprint density at radius 1 is 1.29 bits per heavy atom. The molecule has 1 aliphatic heterocycles. The number of thiazole rings is 1. The number of hydrogen-bond donors (Lipinski definition) is 1. The lowest BCUT2D eigenvalue weighted by Crippen LogP contribution is -2.39. The molecule has 3 rings (SSSR count). The predicted octanol–water partition coefficient (Wildman–Crippen LogP) is 3.76. The number of nitrogens with zero attached hydrogens (tertiary/aromatic N) is 4. The lowest BCUT2D eigenvalue weighted by Gasteiger charge is -2.34. The van der Waals surface area contributed by atoms with E-state index in [1.165, 1.54) is 0 Å². The van der Waals surface area contributed by atoms with E-state index in [4.69, 9.17) is 0 Å². The third kappa shape index (κ3) is 3.72. The van der Waals surface area contributed by atoms with Crippen LogP contribution in [0, 0.1) is 13.8 Å².